The molecule has 0 saturated heterocycles. The van der Waals surface area contributed by atoms with Crippen molar-refractivity contribution in [1.29, 1.82) is 0 Å². The van der Waals surface area contributed by atoms with Crippen LogP contribution in [-0.2, 0) is 6.54 Å². The van der Waals surface area contributed by atoms with Crippen molar-refractivity contribution in [2.24, 2.45) is 0 Å². The molecule has 1 amide bonds. The molecule has 3 aromatic rings. The molecule has 138 valence electrons. The minimum absolute atomic E-state index is 0.191. The summed E-state index contributed by atoms with van der Waals surface area (Å²) in [7, 11) is 0. The molecule has 0 aliphatic carbocycles. The van der Waals surface area contributed by atoms with E-state index in [0.717, 1.165) is 5.56 Å². The van der Waals surface area contributed by atoms with E-state index in [2.05, 4.69) is 10.2 Å². The second kappa shape index (κ2) is 7.82. The summed E-state index contributed by atoms with van der Waals surface area (Å²) in [6.07, 6.45) is 1.43. The van der Waals surface area contributed by atoms with Crippen LogP contribution in [0.3, 0.4) is 0 Å². The SMILES string of the molecule is CCN(Cc1ccc(C(=O)O)cc1)C(=O)c1cn[nH]c1-c1cccc(F)c1. The third kappa shape index (κ3) is 4.03. The summed E-state index contributed by atoms with van der Waals surface area (Å²) >= 11 is 0. The van der Waals surface area contributed by atoms with Gasteiger partial charge in [0.25, 0.3) is 5.91 Å². The summed E-state index contributed by atoms with van der Waals surface area (Å²) in [4.78, 5) is 25.5. The maximum Gasteiger partial charge on any atom is 0.335 e. The molecule has 2 N–H and O–H groups in total. The van der Waals surface area contributed by atoms with Crippen LogP contribution < -0.4 is 0 Å². The number of aromatic carboxylic acids is 1. The molecule has 6 nitrogen and oxygen atoms in total. The van der Waals surface area contributed by atoms with Gasteiger partial charge in [-0.15, -0.1) is 0 Å². The average Bonchev–Trinajstić information content (AvgIpc) is 3.16. The molecule has 0 unspecified atom stereocenters. The number of amides is 1. The van der Waals surface area contributed by atoms with Gasteiger partial charge >= 0.3 is 5.97 Å². The highest BCUT2D eigenvalue weighted by atomic mass is 19.1. The van der Waals surface area contributed by atoms with Gasteiger partial charge in [0.2, 0.25) is 0 Å². The van der Waals surface area contributed by atoms with Crippen molar-refractivity contribution in [3.05, 3.63) is 77.2 Å². The summed E-state index contributed by atoms with van der Waals surface area (Å²) in [5.41, 5.74) is 2.35. The summed E-state index contributed by atoms with van der Waals surface area (Å²) in [6, 6.07) is 12.3. The van der Waals surface area contributed by atoms with Crippen molar-refractivity contribution in [3.63, 3.8) is 0 Å². The predicted octanol–water partition coefficient (Wildman–Crippen LogP) is 3.58. The Morgan fingerprint density at radius 2 is 1.93 bits per heavy atom. The number of aromatic nitrogens is 2. The van der Waals surface area contributed by atoms with E-state index in [1.807, 2.05) is 6.92 Å². The van der Waals surface area contributed by atoms with E-state index in [1.165, 1.54) is 30.5 Å². The topological polar surface area (TPSA) is 86.3 Å². The molecule has 0 bridgehead atoms. The van der Waals surface area contributed by atoms with Crippen LogP contribution >= 0.6 is 0 Å². The first-order valence-corrected chi connectivity index (χ1v) is 8.40. The molecule has 0 aliphatic rings. The molecule has 1 aromatic heterocycles. The highest BCUT2D eigenvalue weighted by Gasteiger charge is 2.21. The number of aromatic amines is 1. The first-order chi connectivity index (χ1) is 13.0. The second-order valence-corrected chi connectivity index (χ2v) is 5.99. The van der Waals surface area contributed by atoms with Crippen LogP contribution in [0, 0.1) is 5.82 Å². The molecule has 1 heterocycles. The lowest BCUT2D eigenvalue weighted by atomic mass is 10.1. The Kier molecular flexibility index (Phi) is 5.30. The molecule has 0 aliphatic heterocycles. The second-order valence-electron chi connectivity index (χ2n) is 5.99. The lowest BCUT2D eigenvalue weighted by molar-refractivity contribution is 0.0694. The van der Waals surface area contributed by atoms with E-state index >= 15 is 0 Å². The van der Waals surface area contributed by atoms with Gasteiger partial charge in [-0.1, -0.05) is 24.3 Å². The van der Waals surface area contributed by atoms with Crippen LogP contribution in [0.4, 0.5) is 4.39 Å². The number of rotatable bonds is 6. The van der Waals surface area contributed by atoms with Gasteiger partial charge in [0.05, 0.1) is 23.0 Å². The van der Waals surface area contributed by atoms with Crippen LogP contribution in [-0.4, -0.2) is 38.6 Å². The molecule has 27 heavy (non-hydrogen) atoms. The number of nitrogens with zero attached hydrogens (tertiary/aromatic N) is 2. The van der Waals surface area contributed by atoms with Crippen molar-refractivity contribution < 1.29 is 19.1 Å². The summed E-state index contributed by atoms with van der Waals surface area (Å²) in [6.45, 7) is 2.63. The average molecular weight is 367 g/mol. The molecule has 0 atom stereocenters. The summed E-state index contributed by atoms with van der Waals surface area (Å²) < 4.78 is 13.5. The minimum Gasteiger partial charge on any atom is -0.478 e. The van der Waals surface area contributed by atoms with Crippen LogP contribution in [0.5, 0.6) is 0 Å². The van der Waals surface area contributed by atoms with Crippen molar-refractivity contribution in [3.8, 4) is 11.3 Å². The van der Waals surface area contributed by atoms with Gasteiger partial charge in [-0.05, 0) is 36.8 Å². The Morgan fingerprint density at radius 1 is 1.19 bits per heavy atom. The molecule has 0 fully saturated rings. The fourth-order valence-corrected chi connectivity index (χ4v) is 2.78. The number of carbonyl (C=O) groups excluding carboxylic acids is 1. The normalized spacial score (nSPS) is 10.6. The first kappa shape index (κ1) is 18.3. The molecule has 0 radical (unpaired) electrons. The van der Waals surface area contributed by atoms with E-state index in [-0.39, 0.29) is 11.5 Å². The molecule has 0 spiro atoms. The quantitative estimate of drug-likeness (QED) is 0.697. The van der Waals surface area contributed by atoms with Gasteiger partial charge in [0.1, 0.15) is 5.82 Å². The zero-order valence-electron chi connectivity index (χ0n) is 14.6. The van der Waals surface area contributed by atoms with Gasteiger partial charge in [0.15, 0.2) is 0 Å². The molecule has 7 heteroatoms. The van der Waals surface area contributed by atoms with Crippen molar-refractivity contribution in [1.82, 2.24) is 15.1 Å². The molecule has 2 aromatic carbocycles. The number of benzene rings is 2. The fourth-order valence-electron chi connectivity index (χ4n) is 2.78. The first-order valence-electron chi connectivity index (χ1n) is 8.40. The van der Waals surface area contributed by atoms with Crippen LogP contribution in [0.25, 0.3) is 11.3 Å². The third-order valence-corrected chi connectivity index (χ3v) is 4.23. The lowest BCUT2D eigenvalue weighted by Gasteiger charge is -2.21. The Morgan fingerprint density at radius 3 is 2.56 bits per heavy atom. The van der Waals surface area contributed by atoms with E-state index in [1.54, 1.807) is 29.2 Å². The Hall–Kier alpha value is -3.48. The Labute approximate surface area is 155 Å². The molecule has 3 rings (SSSR count). The number of carbonyl (C=O) groups is 2. The van der Waals surface area contributed by atoms with Crippen LogP contribution in [0.1, 0.15) is 33.2 Å². The number of carboxylic acids is 1. The smallest absolute Gasteiger partial charge is 0.335 e. The largest absolute Gasteiger partial charge is 0.478 e. The van der Waals surface area contributed by atoms with E-state index in [0.29, 0.717) is 29.9 Å². The monoisotopic (exact) mass is 367 g/mol. The number of carboxylic acid groups (broad SMARTS) is 1. The van der Waals surface area contributed by atoms with Gasteiger partial charge in [0, 0.05) is 18.7 Å². The standard InChI is InChI=1S/C20H18FN3O3/c1-2-24(12-13-6-8-14(9-7-13)20(26)27)19(25)17-11-22-23-18(17)15-4-3-5-16(21)10-15/h3-11H,2,12H2,1H3,(H,22,23)(H,26,27). The zero-order valence-corrected chi connectivity index (χ0v) is 14.6. The zero-order chi connectivity index (χ0) is 19.4. The summed E-state index contributed by atoms with van der Waals surface area (Å²) in [5, 5.41) is 15.7. The Balaban J connectivity index is 1.84. The number of hydrogen-bond acceptors (Lipinski definition) is 3. The van der Waals surface area contributed by atoms with E-state index in [4.69, 9.17) is 5.11 Å². The number of halogens is 1. The summed E-state index contributed by atoms with van der Waals surface area (Å²) in [5.74, 6) is -1.64. The van der Waals surface area contributed by atoms with Crippen LogP contribution in [0.15, 0.2) is 54.7 Å². The van der Waals surface area contributed by atoms with E-state index in [9.17, 15) is 14.0 Å². The maximum atomic E-state index is 13.5. The maximum absolute atomic E-state index is 13.5. The van der Waals surface area contributed by atoms with Crippen molar-refractivity contribution in [2.45, 2.75) is 13.5 Å². The Bertz CT molecular complexity index is 967. The number of nitrogens with one attached hydrogen (secondary N) is 1. The van der Waals surface area contributed by atoms with E-state index < -0.39 is 11.8 Å². The van der Waals surface area contributed by atoms with Gasteiger partial charge < -0.3 is 10.0 Å². The molecular weight excluding hydrogens is 349 g/mol. The van der Waals surface area contributed by atoms with Gasteiger partial charge in [-0.25, -0.2) is 9.18 Å². The fraction of sp³-hybridized carbons (Fsp3) is 0.150. The van der Waals surface area contributed by atoms with Crippen LogP contribution in [0.2, 0.25) is 0 Å². The third-order valence-electron chi connectivity index (χ3n) is 4.23. The minimum atomic E-state index is -0.997. The highest BCUT2D eigenvalue weighted by Crippen LogP contribution is 2.23. The number of hydrogen-bond donors (Lipinski definition) is 2. The molecular formula is C20H18FN3O3. The highest BCUT2D eigenvalue weighted by molar-refractivity contribution is 5.99. The van der Waals surface area contributed by atoms with Crippen molar-refractivity contribution >= 4 is 11.9 Å². The van der Waals surface area contributed by atoms with Gasteiger partial charge in [-0.2, -0.15) is 5.10 Å². The van der Waals surface area contributed by atoms with Gasteiger partial charge in [-0.3, -0.25) is 9.89 Å². The van der Waals surface area contributed by atoms with Crippen molar-refractivity contribution in [2.75, 3.05) is 6.54 Å². The lowest BCUT2D eigenvalue weighted by Crippen LogP contribution is -2.30. The predicted molar refractivity (Wildman–Crippen MR) is 97.8 cm³/mol. The number of H-pyrrole nitrogens is 1. The molecule has 0 saturated carbocycles.